The Hall–Kier alpha value is -1.88. The predicted molar refractivity (Wildman–Crippen MR) is 93.2 cm³/mol. The van der Waals surface area contributed by atoms with Crippen LogP contribution in [-0.4, -0.2) is 39.5 Å². The van der Waals surface area contributed by atoms with Crippen molar-refractivity contribution < 1.29 is 23.8 Å². The van der Waals surface area contributed by atoms with Gasteiger partial charge in [0.1, 0.15) is 17.3 Å². The standard InChI is InChI=1S/C20H26O5/c1-19-7-8-20(9-10-23-2,15(18(19)22)12-17(19)21)14-6-5-13(24-3)11-16(14)25-4/h5-6,11,15H,7-10,12H2,1-4H3/t15-,19+,20+/m1/s1. The molecule has 0 aliphatic heterocycles. The molecule has 2 aliphatic rings. The van der Waals surface area contributed by atoms with Gasteiger partial charge in [-0.2, -0.15) is 0 Å². The molecule has 2 aliphatic carbocycles. The molecule has 2 saturated carbocycles. The quantitative estimate of drug-likeness (QED) is 0.741. The van der Waals surface area contributed by atoms with Crippen molar-refractivity contribution in [2.24, 2.45) is 11.3 Å². The molecule has 3 rings (SSSR count). The average molecular weight is 346 g/mol. The van der Waals surface area contributed by atoms with E-state index in [4.69, 9.17) is 14.2 Å². The summed E-state index contributed by atoms with van der Waals surface area (Å²) in [7, 11) is 4.89. The van der Waals surface area contributed by atoms with Gasteiger partial charge < -0.3 is 14.2 Å². The van der Waals surface area contributed by atoms with Crippen molar-refractivity contribution in [3.8, 4) is 11.5 Å². The van der Waals surface area contributed by atoms with E-state index in [1.165, 1.54) is 0 Å². The number of rotatable bonds is 6. The molecule has 0 radical (unpaired) electrons. The number of carbonyl (C=O) groups excluding carboxylic acids is 2. The number of fused-ring (bicyclic) bond motifs is 2. The van der Waals surface area contributed by atoms with Crippen LogP contribution in [0.5, 0.6) is 11.5 Å². The Balaban J connectivity index is 2.13. The fourth-order valence-electron chi connectivity index (χ4n) is 4.63. The summed E-state index contributed by atoms with van der Waals surface area (Å²) in [5.74, 6) is 1.26. The number of ketones is 2. The van der Waals surface area contributed by atoms with Gasteiger partial charge in [-0.15, -0.1) is 0 Å². The molecular formula is C20H26O5. The Morgan fingerprint density at radius 2 is 1.88 bits per heavy atom. The number of Topliss-reactive ketones (excluding diaryl/α,β-unsaturated/α-hetero) is 2. The third kappa shape index (κ3) is 2.56. The molecular weight excluding hydrogens is 320 g/mol. The highest BCUT2D eigenvalue weighted by Crippen LogP contribution is 2.58. The third-order valence-corrected chi connectivity index (χ3v) is 6.30. The summed E-state index contributed by atoms with van der Waals surface area (Å²) in [5.41, 5.74) is -0.264. The second-order valence-corrected chi connectivity index (χ2v) is 7.34. The van der Waals surface area contributed by atoms with Crippen LogP contribution in [0.2, 0.25) is 0 Å². The SMILES string of the molecule is COCC[C@]1(c2ccc(OC)cc2OC)CC[C@@]2(C)C(=O)C[C@@H]1C2=O. The normalized spacial score (nSPS) is 31.3. The van der Waals surface area contributed by atoms with E-state index in [1.807, 2.05) is 25.1 Å². The topological polar surface area (TPSA) is 61.8 Å². The van der Waals surface area contributed by atoms with Gasteiger partial charge in [0.15, 0.2) is 5.78 Å². The van der Waals surface area contributed by atoms with E-state index in [9.17, 15) is 9.59 Å². The first-order valence-electron chi connectivity index (χ1n) is 8.72. The highest BCUT2D eigenvalue weighted by atomic mass is 16.5. The Labute approximate surface area is 148 Å². The maximum Gasteiger partial charge on any atom is 0.150 e. The van der Waals surface area contributed by atoms with Gasteiger partial charge >= 0.3 is 0 Å². The van der Waals surface area contributed by atoms with Crippen molar-refractivity contribution >= 4 is 11.6 Å². The van der Waals surface area contributed by atoms with E-state index in [0.717, 1.165) is 12.0 Å². The van der Waals surface area contributed by atoms with Crippen LogP contribution in [0.4, 0.5) is 0 Å². The lowest BCUT2D eigenvalue weighted by Gasteiger charge is -2.44. The molecule has 0 saturated heterocycles. The summed E-state index contributed by atoms with van der Waals surface area (Å²) in [4.78, 5) is 25.6. The molecule has 25 heavy (non-hydrogen) atoms. The smallest absolute Gasteiger partial charge is 0.150 e. The van der Waals surface area contributed by atoms with E-state index >= 15 is 0 Å². The van der Waals surface area contributed by atoms with Crippen molar-refractivity contribution in [2.45, 2.75) is 38.0 Å². The second kappa shape index (κ2) is 6.45. The maximum atomic E-state index is 13.1. The third-order valence-electron chi connectivity index (χ3n) is 6.30. The first kappa shape index (κ1) is 17.9. The predicted octanol–water partition coefficient (Wildman–Crippen LogP) is 2.94. The molecule has 3 atom stereocenters. The molecule has 1 aromatic carbocycles. The largest absolute Gasteiger partial charge is 0.497 e. The lowest BCUT2D eigenvalue weighted by atomic mass is 9.58. The first-order valence-corrected chi connectivity index (χ1v) is 8.72. The highest BCUT2D eigenvalue weighted by Gasteiger charge is 2.62. The van der Waals surface area contributed by atoms with Crippen molar-refractivity contribution in [3.05, 3.63) is 23.8 Å². The van der Waals surface area contributed by atoms with Crippen LogP contribution < -0.4 is 9.47 Å². The summed E-state index contributed by atoms with van der Waals surface area (Å²) >= 11 is 0. The summed E-state index contributed by atoms with van der Waals surface area (Å²) < 4.78 is 16.3. The van der Waals surface area contributed by atoms with Crippen molar-refractivity contribution in [2.75, 3.05) is 27.9 Å². The molecule has 5 nitrogen and oxygen atoms in total. The molecule has 1 aromatic rings. The molecule has 5 heteroatoms. The Morgan fingerprint density at radius 1 is 1.12 bits per heavy atom. The van der Waals surface area contributed by atoms with Crippen LogP contribution >= 0.6 is 0 Å². The summed E-state index contributed by atoms with van der Waals surface area (Å²) in [6.45, 7) is 2.34. The van der Waals surface area contributed by atoms with Gasteiger partial charge in [-0.1, -0.05) is 6.07 Å². The van der Waals surface area contributed by atoms with Gasteiger partial charge in [-0.05, 0) is 32.3 Å². The lowest BCUT2D eigenvalue weighted by Crippen LogP contribution is -2.47. The average Bonchev–Trinajstić information content (AvgIpc) is 2.79. The Kier molecular flexibility index (Phi) is 4.62. The number of benzene rings is 1. The molecule has 2 bridgehead atoms. The van der Waals surface area contributed by atoms with E-state index < -0.39 is 10.8 Å². The number of ether oxygens (including phenoxy) is 3. The molecule has 0 aromatic heterocycles. The van der Waals surface area contributed by atoms with Gasteiger partial charge in [-0.25, -0.2) is 0 Å². The van der Waals surface area contributed by atoms with Gasteiger partial charge in [0, 0.05) is 43.1 Å². The van der Waals surface area contributed by atoms with E-state index in [2.05, 4.69) is 0 Å². The molecule has 0 unspecified atom stereocenters. The van der Waals surface area contributed by atoms with Crippen LogP contribution in [0.25, 0.3) is 0 Å². The fraction of sp³-hybridized carbons (Fsp3) is 0.600. The lowest BCUT2D eigenvalue weighted by molar-refractivity contribution is -0.138. The van der Waals surface area contributed by atoms with E-state index in [-0.39, 0.29) is 17.5 Å². The Bertz CT molecular complexity index is 697. The number of carbonyl (C=O) groups is 2. The number of hydrogen-bond acceptors (Lipinski definition) is 5. The zero-order valence-electron chi connectivity index (χ0n) is 15.4. The minimum absolute atomic E-state index is 0.0780. The van der Waals surface area contributed by atoms with Crippen molar-refractivity contribution in [3.63, 3.8) is 0 Å². The second-order valence-electron chi connectivity index (χ2n) is 7.34. The summed E-state index contributed by atoms with van der Waals surface area (Å²) in [6, 6.07) is 5.71. The zero-order chi connectivity index (χ0) is 18.2. The van der Waals surface area contributed by atoms with Crippen LogP contribution in [0.1, 0.15) is 38.2 Å². The molecule has 0 spiro atoms. The molecule has 0 amide bonds. The van der Waals surface area contributed by atoms with E-state index in [0.29, 0.717) is 37.4 Å². The van der Waals surface area contributed by atoms with Gasteiger partial charge in [-0.3, -0.25) is 9.59 Å². The molecule has 0 heterocycles. The first-order chi connectivity index (χ1) is 11.9. The van der Waals surface area contributed by atoms with Crippen LogP contribution in [-0.2, 0) is 19.7 Å². The molecule has 2 fully saturated rings. The van der Waals surface area contributed by atoms with E-state index in [1.54, 1.807) is 21.3 Å². The Morgan fingerprint density at radius 3 is 2.52 bits per heavy atom. The maximum absolute atomic E-state index is 13.1. The minimum Gasteiger partial charge on any atom is -0.497 e. The van der Waals surface area contributed by atoms with Gasteiger partial charge in [0.05, 0.1) is 19.6 Å². The summed E-state index contributed by atoms with van der Waals surface area (Å²) in [5, 5.41) is 0. The molecule has 136 valence electrons. The van der Waals surface area contributed by atoms with Crippen molar-refractivity contribution in [1.82, 2.24) is 0 Å². The zero-order valence-corrected chi connectivity index (χ0v) is 15.4. The monoisotopic (exact) mass is 346 g/mol. The molecule has 0 N–H and O–H groups in total. The van der Waals surface area contributed by atoms with Crippen LogP contribution in [0.15, 0.2) is 18.2 Å². The number of hydrogen-bond donors (Lipinski definition) is 0. The fourth-order valence-corrected chi connectivity index (χ4v) is 4.63. The van der Waals surface area contributed by atoms with Crippen LogP contribution in [0, 0.1) is 11.3 Å². The van der Waals surface area contributed by atoms with Gasteiger partial charge in [0.25, 0.3) is 0 Å². The number of methoxy groups -OCH3 is 3. The van der Waals surface area contributed by atoms with Crippen LogP contribution in [0.3, 0.4) is 0 Å². The highest BCUT2D eigenvalue weighted by molar-refractivity contribution is 6.15. The minimum atomic E-state index is -0.805. The van der Waals surface area contributed by atoms with Crippen molar-refractivity contribution in [1.29, 1.82) is 0 Å². The van der Waals surface area contributed by atoms with Gasteiger partial charge in [0.2, 0.25) is 0 Å². The summed E-state index contributed by atoms with van der Waals surface area (Å²) in [6.07, 6.45) is 2.36.